The third-order valence-corrected chi connectivity index (χ3v) is 7.01. The second-order valence-corrected chi connectivity index (χ2v) is 9.39. The molecule has 5 rings (SSSR count). The second kappa shape index (κ2) is 8.81. The summed E-state index contributed by atoms with van der Waals surface area (Å²) in [6, 6.07) is 13.6. The minimum Gasteiger partial charge on any atom is -0.358 e. The highest BCUT2D eigenvalue weighted by Crippen LogP contribution is 2.33. The minimum atomic E-state index is -0.0734. The number of aromatic amines is 1. The van der Waals surface area contributed by atoms with Gasteiger partial charge in [0.15, 0.2) is 0 Å². The second-order valence-electron chi connectivity index (χ2n) is 9.39. The van der Waals surface area contributed by atoms with Gasteiger partial charge in [-0.05, 0) is 73.8 Å². The molecule has 1 aliphatic carbocycles. The van der Waals surface area contributed by atoms with Gasteiger partial charge in [0, 0.05) is 36.3 Å². The van der Waals surface area contributed by atoms with Gasteiger partial charge in [-0.15, -0.1) is 0 Å². The van der Waals surface area contributed by atoms with E-state index >= 15 is 0 Å². The molecule has 5 heteroatoms. The average Bonchev–Trinajstić information content (AvgIpc) is 3.21. The maximum Gasteiger partial charge on any atom is 0.253 e. The van der Waals surface area contributed by atoms with Crippen LogP contribution in [0, 0.1) is 5.92 Å². The molecule has 166 valence electrons. The van der Waals surface area contributed by atoms with Crippen LogP contribution < -0.4 is 5.32 Å². The number of hydrogen-bond acceptors (Lipinski definition) is 2. The van der Waals surface area contributed by atoms with Crippen LogP contribution in [0.3, 0.4) is 0 Å². The topological polar surface area (TPSA) is 65.2 Å². The predicted octanol–water partition coefficient (Wildman–Crippen LogP) is 4.85. The number of nitrogens with one attached hydrogen (secondary N) is 2. The molecule has 0 unspecified atom stereocenters. The van der Waals surface area contributed by atoms with Gasteiger partial charge in [-0.25, -0.2) is 0 Å². The lowest BCUT2D eigenvalue weighted by molar-refractivity contribution is 0.0724. The molecule has 0 bridgehead atoms. The lowest BCUT2D eigenvalue weighted by atomic mass is 9.87. The predicted molar refractivity (Wildman–Crippen MR) is 127 cm³/mol. The Bertz CT molecular complexity index is 1140. The molecule has 1 aromatic heterocycles. The monoisotopic (exact) mass is 429 g/mol. The zero-order chi connectivity index (χ0) is 22.1. The van der Waals surface area contributed by atoms with Crippen molar-refractivity contribution in [2.24, 2.45) is 5.92 Å². The maximum atomic E-state index is 13.0. The van der Waals surface area contributed by atoms with Crippen LogP contribution >= 0.6 is 0 Å². The first-order chi connectivity index (χ1) is 15.6. The van der Waals surface area contributed by atoms with E-state index in [2.05, 4.69) is 23.3 Å². The number of likely N-dealkylation sites (tertiary alicyclic amines) is 1. The number of hydrogen-bond donors (Lipinski definition) is 2. The average molecular weight is 430 g/mol. The zero-order valence-corrected chi connectivity index (χ0v) is 18.7. The van der Waals surface area contributed by atoms with Crippen molar-refractivity contribution in [3.63, 3.8) is 0 Å². The van der Waals surface area contributed by atoms with Crippen molar-refractivity contribution in [2.75, 3.05) is 13.1 Å². The Morgan fingerprint density at radius 1 is 1.06 bits per heavy atom. The fourth-order valence-electron chi connectivity index (χ4n) is 5.13. The van der Waals surface area contributed by atoms with E-state index in [1.54, 1.807) is 0 Å². The molecule has 0 saturated carbocycles. The Morgan fingerprint density at radius 3 is 2.62 bits per heavy atom. The number of fused-ring (bicyclic) bond motifs is 3. The summed E-state index contributed by atoms with van der Waals surface area (Å²) < 4.78 is 0. The molecule has 32 heavy (non-hydrogen) atoms. The molecular formula is C27H31N3O2. The van der Waals surface area contributed by atoms with Gasteiger partial charge < -0.3 is 15.2 Å². The highest BCUT2D eigenvalue weighted by molar-refractivity contribution is 6.06. The molecule has 1 saturated heterocycles. The van der Waals surface area contributed by atoms with Gasteiger partial charge in [0.05, 0.1) is 11.1 Å². The van der Waals surface area contributed by atoms with Gasteiger partial charge in [-0.3, -0.25) is 9.59 Å². The van der Waals surface area contributed by atoms with Gasteiger partial charge in [0.1, 0.15) is 0 Å². The molecule has 5 nitrogen and oxygen atoms in total. The lowest BCUT2D eigenvalue weighted by Crippen LogP contribution is -2.35. The van der Waals surface area contributed by atoms with Gasteiger partial charge in [0.25, 0.3) is 11.8 Å². The van der Waals surface area contributed by atoms with Crippen LogP contribution in [0.4, 0.5) is 0 Å². The number of H-pyrrole nitrogens is 1. The summed E-state index contributed by atoms with van der Waals surface area (Å²) in [6.07, 6.45) is 6.70. The summed E-state index contributed by atoms with van der Waals surface area (Å²) in [7, 11) is 0. The quantitative estimate of drug-likeness (QED) is 0.623. The Hall–Kier alpha value is -3.08. The van der Waals surface area contributed by atoms with Crippen molar-refractivity contribution in [1.82, 2.24) is 15.2 Å². The van der Waals surface area contributed by atoms with Crippen molar-refractivity contribution >= 4 is 22.7 Å². The van der Waals surface area contributed by atoms with Crippen LogP contribution in [0.5, 0.6) is 0 Å². The van der Waals surface area contributed by atoms with Crippen LogP contribution in [-0.4, -0.2) is 34.8 Å². The number of amides is 2. The van der Waals surface area contributed by atoms with Crippen LogP contribution in [0.25, 0.3) is 10.9 Å². The van der Waals surface area contributed by atoms with E-state index in [1.807, 2.05) is 41.3 Å². The van der Waals surface area contributed by atoms with Crippen molar-refractivity contribution in [1.29, 1.82) is 0 Å². The summed E-state index contributed by atoms with van der Waals surface area (Å²) in [5.74, 6) is 0.719. The van der Waals surface area contributed by atoms with E-state index in [4.69, 9.17) is 0 Å². The van der Waals surface area contributed by atoms with Crippen LogP contribution in [0.15, 0.2) is 42.5 Å². The highest BCUT2D eigenvalue weighted by atomic mass is 16.2. The molecule has 0 radical (unpaired) electrons. The minimum absolute atomic E-state index is 0.0734. The number of nitrogens with zero attached hydrogens (tertiary/aromatic N) is 1. The summed E-state index contributed by atoms with van der Waals surface area (Å²) in [4.78, 5) is 31.1. The molecular weight excluding hydrogens is 398 g/mol. The largest absolute Gasteiger partial charge is 0.358 e. The van der Waals surface area contributed by atoms with Crippen molar-refractivity contribution in [3.05, 3.63) is 70.4 Å². The molecule has 0 spiro atoms. The van der Waals surface area contributed by atoms with Crippen molar-refractivity contribution < 1.29 is 9.59 Å². The number of aryl methyl sites for hydroxylation is 1. The standard InChI is InChI=1S/C27H31N3O2/c1-18-8-13-24-23(16-18)21-6-5-7-22(25(21)29-24)26(31)28-17-19-9-11-20(12-10-19)27(32)30-14-3-2-4-15-30/h5-7,9-12,18,29H,2-4,8,13-17H2,1H3,(H,28,31)/t18-/m1/s1. The maximum absolute atomic E-state index is 13.0. The Morgan fingerprint density at radius 2 is 1.84 bits per heavy atom. The van der Waals surface area contributed by atoms with Gasteiger partial charge in [0.2, 0.25) is 0 Å². The SMILES string of the molecule is C[C@@H]1CCc2[nH]c3c(C(=O)NCc4ccc(C(=O)N5CCCCC5)cc4)cccc3c2C1. The van der Waals surface area contributed by atoms with E-state index < -0.39 is 0 Å². The van der Waals surface area contributed by atoms with Crippen molar-refractivity contribution in [2.45, 2.75) is 52.0 Å². The number of rotatable bonds is 4. The molecule has 2 aromatic carbocycles. The summed E-state index contributed by atoms with van der Waals surface area (Å²) in [6.45, 7) is 4.43. The van der Waals surface area contributed by atoms with E-state index in [0.717, 1.165) is 55.4 Å². The van der Waals surface area contributed by atoms with E-state index in [9.17, 15) is 9.59 Å². The number of piperidine rings is 1. The first kappa shape index (κ1) is 20.8. The summed E-state index contributed by atoms with van der Waals surface area (Å²) >= 11 is 0. The summed E-state index contributed by atoms with van der Waals surface area (Å²) in [5, 5.41) is 4.23. The Balaban J connectivity index is 1.27. The molecule has 2 N–H and O–H groups in total. The first-order valence-corrected chi connectivity index (χ1v) is 11.9. The summed E-state index contributed by atoms with van der Waals surface area (Å²) in [5.41, 5.74) is 6.01. The zero-order valence-electron chi connectivity index (χ0n) is 18.7. The van der Waals surface area contributed by atoms with E-state index in [0.29, 0.717) is 18.0 Å². The molecule has 2 heterocycles. The molecule has 1 aliphatic heterocycles. The Labute approximate surface area is 189 Å². The number of aromatic nitrogens is 1. The number of para-hydroxylation sites is 1. The molecule has 1 atom stereocenters. The third kappa shape index (κ3) is 4.04. The third-order valence-electron chi connectivity index (χ3n) is 7.01. The van der Waals surface area contributed by atoms with Crippen LogP contribution in [0.1, 0.15) is 70.1 Å². The smallest absolute Gasteiger partial charge is 0.253 e. The van der Waals surface area contributed by atoms with Crippen LogP contribution in [-0.2, 0) is 19.4 Å². The van der Waals surface area contributed by atoms with E-state index in [-0.39, 0.29) is 11.8 Å². The highest BCUT2D eigenvalue weighted by Gasteiger charge is 2.22. The van der Waals surface area contributed by atoms with Gasteiger partial charge in [-0.1, -0.05) is 31.2 Å². The number of benzene rings is 2. The lowest BCUT2D eigenvalue weighted by Gasteiger charge is -2.26. The van der Waals surface area contributed by atoms with E-state index in [1.165, 1.54) is 29.5 Å². The number of carbonyl (C=O) groups excluding carboxylic acids is 2. The first-order valence-electron chi connectivity index (χ1n) is 11.9. The number of carbonyl (C=O) groups is 2. The van der Waals surface area contributed by atoms with Crippen molar-refractivity contribution in [3.8, 4) is 0 Å². The molecule has 2 aliphatic rings. The normalized spacial score (nSPS) is 18.4. The fourth-order valence-corrected chi connectivity index (χ4v) is 5.13. The van der Waals surface area contributed by atoms with Gasteiger partial charge in [-0.2, -0.15) is 0 Å². The Kier molecular flexibility index (Phi) is 5.73. The van der Waals surface area contributed by atoms with Crippen LogP contribution in [0.2, 0.25) is 0 Å². The van der Waals surface area contributed by atoms with Gasteiger partial charge >= 0.3 is 0 Å². The molecule has 1 fully saturated rings. The fraction of sp³-hybridized carbons (Fsp3) is 0.407. The molecule has 3 aromatic rings. The molecule has 2 amide bonds.